The van der Waals surface area contributed by atoms with Crippen LogP contribution in [0.15, 0.2) is 30.3 Å². The van der Waals surface area contributed by atoms with Gasteiger partial charge >= 0.3 is 0 Å². The van der Waals surface area contributed by atoms with E-state index in [-0.39, 0.29) is 0 Å². The zero-order chi connectivity index (χ0) is 13.3. The van der Waals surface area contributed by atoms with Crippen molar-refractivity contribution in [1.29, 1.82) is 0 Å². The Balaban J connectivity index is 1.71. The second-order valence-corrected chi connectivity index (χ2v) is 5.56. The lowest BCUT2D eigenvalue weighted by atomic mass is 10.1. The van der Waals surface area contributed by atoms with Crippen molar-refractivity contribution in [1.82, 2.24) is 4.90 Å². The summed E-state index contributed by atoms with van der Waals surface area (Å²) in [5.41, 5.74) is 2.80. The van der Waals surface area contributed by atoms with Gasteiger partial charge in [0.25, 0.3) is 0 Å². The molecule has 0 amide bonds. The molecule has 1 heterocycles. The Morgan fingerprint density at radius 3 is 2.47 bits per heavy atom. The van der Waals surface area contributed by atoms with E-state index in [0.717, 1.165) is 6.42 Å². The van der Waals surface area contributed by atoms with Crippen LogP contribution >= 0.6 is 0 Å². The molecule has 1 saturated heterocycles. The first-order valence-corrected chi connectivity index (χ1v) is 7.86. The molecule has 0 unspecified atom stereocenters. The van der Waals surface area contributed by atoms with Crippen molar-refractivity contribution < 1.29 is 0 Å². The van der Waals surface area contributed by atoms with Crippen molar-refractivity contribution in [3.8, 4) is 0 Å². The van der Waals surface area contributed by atoms with E-state index in [0.29, 0.717) is 0 Å². The number of piperidine rings is 1. The van der Waals surface area contributed by atoms with Crippen molar-refractivity contribution in [3.63, 3.8) is 0 Å². The van der Waals surface area contributed by atoms with Crippen LogP contribution in [0, 0.1) is 0 Å². The zero-order valence-corrected chi connectivity index (χ0v) is 12.3. The maximum absolute atomic E-state index is 2.63. The fourth-order valence-corrected chi connectivity index (χ4v) is 2.74. The number of likely N-dealkylation sites (tertiary alicyclic amines) is 1. The van der Waals surface area contributed by atoms with Gasteiger partial charge in [-0.2, -0.15) is 0 Å². The molecular weight excluding hydrogens is 230 g/mol. The zero-order valence-electron chi connectivity index (χ0n) is 12.3. The minimum absolute atomic E-state index is 1.11. The fourth-order valence-electron chi connectivity index (χ4n) is 2.74. The monoisotopic (exact) mass is 257 g/mol. The second kappa shape index (κ2) is 8.16. The third kappa shape index (κ3) is 5.20. The average Bonchev–Trinajstić information content (AvgIpc) is 2.47. The van der Waals surface area contributed by atoms with E-state index in [1.165, 1.54) is 62.9 Å². The van der Waals surface area contributed by atoms with Crippen LogP contribution in [0.25, 0.3) is 6.08 Å². The molecule has 1 aliphatic heterocycles. The van der Waals surface area contributed by atoms with E-state index in [1.54, 1.807) is 0 Å². The van der Waals surface area contributed by atoms with Crippen LogP contribution in [0.4, 0.5) is 0 Å². The van der Waals surface area contributed by atoms with Crippen molar-refractivity contribution in [3.05, 3.63) is 41.5 Å². The molecular formula is C18H27N. The molecule has 1 aromatic rings. The summed E-state index contributed by atoms with van der Waals surface area (Å²) in [6.07, 6.45) is 12.3. The number of hydrogen-bond donors (Lipinski definition) is 0. The fraction of sp³-hybridized carbons (Fsp3) is 0.556. The van der Waals surface area contributed by atoms with Crippen LogP contribution in [0.1, 0.15) is 50.2 Å². The van der Waals surface area contributed by atoms with Gasteiger partial charge < -0.3 is 4.90 Å². The maximum Gasteiger partial charge on any atom is -0.00156 e. The van der Waals surface area contributed by atoms with Crippen LogP contribution in [-0.4, -0.2) is 24.5 Å². The van der Waals surface area contributed by atoms with Gasteiger partial charge in [0.2, 0.25) is 0 Å². The van der Waals surface area contributed by atoms with Gasteiger partial charge in [0.15, 0.2) is 0 Å². The minimum atomic E-state index is 1.11. The molecule has 0 atom stereocenters. The van der Waals surface area contributed by atoms with Crippen LogP contribution in [0.2, 0.25) is 0 Å². The van der Waals surface area contributed by atoms with E-state index in [2.05, 4.69) is 48.2 Å². The molecule has 0 spiro atoms. The van der Waals surface area contributed by atoms with Gasteiger partial charge in [-0.3, -0.25) is 0 Å². The molecule has 1 aromatic carbocycles. The van der Waals surface area contributed by atoms with Crippen LogP contribution < -0.4 is 0 Å². The van der Waals surface area contributed by atoms with Gasteiger partial charge in [0.1, 0.15) is 0 Å². The number of nitrogens with zero attached hydrogens (tertiary/aromatic N) is 1. The highest BCUT2D eigenvalue weighted by Crippen LogP contribution is 2.12. The smallest absolute Gasteiger partial charge is 0.00156 e. The quantitative estimate of drug-likeness (QED) is 0.724. The molecule has 0 saturated carbocycles. The highest BCUT2D eigenvalue weighted by Gasteiger charge is 2.08. The average molecular weight is 257 g/mol. The van der Waals surface area contributed by atoms with E-state index >= 15 is 0 Å². The van der Waals surface area contributed by atoms with E-state index in [9.17, 15) is 0 Å². The summed E-state index contributed by atoms with van der Waals surface area (Å²) >= 11 is 0. The molecule has 2 rings (SSSR count). The Morgan fingerprint density at radius 1 is 1.05 bits per heavy atom. The topological polar surface area (TPSA) is 3.24 Å². The lowest BCUT2D eigenvalue weighted by molar-refractivity contribution is 0.226. The first kappa shape index (κ1) is 14.3. The molecule has 104 valence electrons. The van der Waals surface area contributed by atoms with Gasteiger partial charge in [0.05, 0.1) is 0 Å². The summed E-state index contributed by atoms with van der Waals surface area (Å²) < 4.78 is 0. The molecule has 19 heavy (non-hydrogen) atoms. The number of rotatable bonds is 6. The Hall–Kier alpha value is -1.08. The van der Waals surface area contributed by atoms with E-state index in [1.807, 2.05) is 0 Å². The number of aryl methyl sites for hydroxylation is 1. The summed E-state index contributed by atoms with van der Waals surface area (Å²) in [6.45, 7) is 6.09. The maximum atomic E-state index is 2.63. The van der Waals surface area contributed by atoms with E-state index in [4.69, 9.17) is 0 Å². The van der Waals surface area contributed by atoms with Gasteiger partial charge in [-0.1, -0.05) is 49.8 Å². The van der Waals surface area contributed by atoms with Crippen LogP contribution in [0.3, 0.4) is 0 Å². The minimum Gasteiger partial charge on any atom is -0.303 e. The van der Waals surface area contributed by atoms with Gasteiger partial charge in [0, 0.05) is 0 Å². The summed E-state index contributed by atoms with van der Waals surface area (Å²) in [6, 6.07) is 9.04. The first-order valence-electron chi connectivity index (χ1n) is 7.86. The first-order chi connectivity index (χ1) is 9.38. The number of benzene rings is 1. The normalized spacial score (nSPS) is 17.1. The molecule has 0 radical (unpaired) electrons. The third-order valence-corrected chi connectivity index (χ3v) is 3.91. The lowest BCUT2D eigenvalue weighted by Gasteiger charge is -2.26. The van der Waals surface area contributed by atoms with Gasteiger partial charge in [-0.25, -0.2) is 0 Å². The summed E-state index contributed by atoms with van der Waals surface area (Å²) in [7, 11) is 0. The number of allylic oxidation sites excluding steroid dienone is 1. The molecule has 1 aliphatic rings. The van der Waals surface area contributed by atoms with Crippen molar-refractivity contribution in [2.24, 2.45) is 0 Å². The molecule has 0 bridgehead atoms. The molecule has 0 N–H and O–H groups in total. The third-order valence-electron chi connectivity index (χ3n) is 3.91. The number of hydrogen-bond acceptors (Lipinski definition) is 1. The Morgan fingerprint density at radius 2 is 1.79 bits per heavy atom. The predicted octanol–water partition coefficient (Wildman–Crippen LogP) is 4.53. The summed E-state index contributed by atoms with van der Waals surface area (Å²) in [5.74, 6) is 0. The van der Waals surface area contributed by atoms with E-state index < -0.39 is 0 Å². The summed E-state index contributed by atoms with van der Waals surface area (Å²) in [5, 5.41) is 0. The second-order valence-electron chi connectivity index (χ2n) is 5.56. The molecule has 0 aliphatic carbocycles. The van der Waals surface area contributed by atoms with Crippen LogP contribution in [-0.2, 0) is 6.42 Å². The largest absolute Gasteiger partial charge is 0.303 e. The Kier molecular flexibility index (Phi) is 6.16. The molecule has 1 heteroatoms. The highest BCUT2D eigenvalue weighted by atomic mass is 15.1. The van der Waals surface area contributed by atoms with Crippen molar-refractivity contribution >= 4 is 6.08 Å². The molecule has 1 nitrogen and oxygen atoms in total. The molecule has 1 fully saturated rings. The van der Waals surface area contributed by atoms with Crippen molar-refractivity contribution in [2.75, 3.05) is 19.6 Å². The van der Waals surface area contributed by atoms with Crippen LogP contribution in [0.5, 0.6) is 0 Å². The van der Waals surface area contributed by atoms with Crippen molar-refractivity contribution in [2.45, 2.75) is 45.4 Å². The highest BCUT2D eigenvalue weighted by molar-refractivity contribution is 5.49. The predicted molar refractivity (Wildman–Crippen MR) is 84.4 cm³/mol. The standard InChI is InChI=1S/C18H27N/c1-2-3-8-17-10-12-18(13-11-17)9-7-16-19-14-5-4-6-15-19/h3,8,10-13H,2,4-7,9,14-16H2,1H3/b8-3-. The SMILES string of the molecule is CC/C=C\c1ccc(CCCN2CCCCC2)cc1. The Bertz CT molecular complexity index is 371. The Labute approximate surface area is 118 Å². The molecule has 0 aromatic heterocycles. The lowest BCUT2D eigenvalue weighted by Crippen LogP contribution is -2.30. The van der Waals surface area contributed by atoms with Gasteiger partial charge in [-0.05, 0) is 62.9 Å². The summed E-state index contributed by atoms with van der Waals surface area (Å²) in [4.78, 5) is 2.63. The van der Waals surface area contributed by atoms with Gasteiger partial charge in [-0.15, -0.1) is 0 Å².